The van der Waals surface area contributed by atoms with Crippen LogP contribution in [-0.4, -0.2) is 53.9 Å². The Bertz CT molecular complexity index is 1430. The van der Waals surface area contributed by atoms with Gasteiger partial charge in [0, 0.05) is 50.5 Å². The first-order valence-corrected chi connectivity index (χ1v) is 14.1. The third kappa shape index (κ3) is 5.54. The van der Waals surface area contributed by atoms with E-state index >= 15 is 0 Å². The van der Waals surface area contributed by atoms with Crippen LogP contribution in [0.2, 0.25) is 0 Å². The molecule has 1 aromatic carbocycles. The van der Waals surface area contributed by atoms with Crippen molar-refractivity contribution in [2.45, 2.75) is 57.7 Å². The van der Waals surface area contributed by atoms with Crippen LogP contribution in [-0.2, 0) is 23.8 Å². The first kappa shape index (κ1) is 27.3. The predicted molar refractivity (Wildman–Crippen MR) is 147 cm³/mol. The van der Waals surface area contributed by atoms with E-state index in [1.165, 1.54) is 6.20 Å². The minimum absolute atomic E-state index is 0.127. The number of para-hydroxylation sites is 1. The van der Waals surface area contributed by atoms with Crippen LogP contribution in [0.3, 0.4) is 0 Å². The van der Waals surface area contributed by atoms with Crippen molar-refractivity contribution >= 4 is 29.2 Å². The number of Topliss-reactive ketones (excluding diaryl/α,β-unsaturated/α-hetero) is 1. The molecule has 8 nitrogen and oxygen atoms in total. The normalized spacial score (nSPS) is 20.0. The van der Waals surface area contributed by atoms with Crippen molar-refractivity contribution in [3.8, 4) is 0 Å². The average molecular weight is 568 g/mol. The van der Waals surface area contributed by atoms with Crippen LogP contribution >= 0.6 is 0 Å². The first-order chi connectivity index (χ1) is 19.7. The maximum Gasteiger partial charge on any atom is 0.437 e. The molecule has 0 bridgehead atoms. The summed E-state index contributed by atoms with van der Waals surface area (Å²) < 4.78 is 46.7. The van der Waals surface area contributed by atoms with Gasteiger partial charge in [0.25, 0.3) is 6.01 Å². The number of benzene rings is 1. The number of carbonyl (C=O) groups is 2. The monoisotopic (exact) mass is 567 g/mol. The quantitative estimate of drug-likeness (QED) is 0.374. The molecule has 1 unspecified atom stereocenters. The van der Waals surface area contributed by atoms with Gasteiger partial charge in [-0.3, -0.25) is 9.59 Å². The van der Waals surface area contributed by atoms with Crippen LogP contribution in [0.1, 0.15) is 60.0 Å². The van der Waals surface area contributed by atoms with E-state index in [1.54, 1.807) is 17.0 Å². The van der Waals surface area contributed by atoms with Crippen molar-refractivity contribution in [3.63, 3.8) is 0 Å². The summed E-state index contributed by atoms with van der Waals surface area (Å²) in [5, 5.41) is 0. The van der Waals surface area contributed by atoms with Crippen LogP contribution in [0.5, 0.6) is 0 Å². The van der Waals surface area contributed by atoms with E-state index < -0.39 is 23.4 Å². The molecule has 0 aliphatic carbocycles. The highest BCUT2D eigenvalue weighted by atomic mass is 19.4. The fourth-order valence-corrected chi connectivity index (χ4v) is 6.19. The highest BCUT2D eigenvalue weighted by Crippen LogP contribution is 2.36. The maximum atomic E-state index is 13.8. The fraction of sp³-hybridized carbons (Fsp3) is 0.467. The number of hydrogen-bond donors (Lipinski definition) is 0. The molecule has 0 N–H and O–H groups in total. The minimum Gasteiger partial charge on any atom is -0.420 e. The fourth-order valence-electron chi connectivity index (χ4n) is 6.19. The number of rotatable bonds is 6. The number of carbonyl (C=O) groups excluding carboxylic acids is 2. The second kappa shape index (κ2) is 10.8. The van der Waals surface area contributed by atoms with Crippen LogP contribution in [0.15, 0.2) is 47.0 Å². The largest absolute Gasteiger partial charge is 0.437 e. The van der Waals surface area contributed by atoms with Gasteiger partial charge in [0.1, 0.15) is 5.82 Å². The summed E-state index contributed by atoms with van der Waals surface area (Å²) in [6, 6.07) is 11.4. The summed E-state index contributed by atoms with van der Waals surface area (Å²) in [7, 11) is 0. The third-order valence-corrected chi connectivity index (χ3v) is 8.25. The highest BCUT2D eigenvalue weighted by Gasteiger charge is 2.42. The lowest BCUT2D eigenvalue weighted by atomic mass is 10.0. The summed E-state index contributed by atoms with van der Waals surface area (Å²) in [5.74, 6) is -0.374. The van der Waals surface area contributed by atoms with Crippen molar-refractivity contribution in [1.82, 2.24) is 9.97 Å². The molecule has 3 aliphatic rings. The van der Waals surface area contributed by atoms with Gasteiger partial charge < -0.3 is 19.1 Å². The van der Waals surface area contributed by atoms with E-state index in [-0.39, 0.29) is 24.4 Å². The van der Waals surface area contributed by atoms with Gasteiger partial charge in [-0.25, -0.2) is 4.98 Å². The van der Waals surface area contributed by atoms with Gasteiger partial charge in [-0.05, 0) is 54.9 Å². The molecule has 0 spiro atoms. The van der Waals surface area contributed by atoms with Crippen molar-refractivity contribution < 1.29 is 27.2 Å². The Morgan fingerprint density at radius 2 is 1.83 bits per heavy atom. The zero-order valence-electron chi connectivity index (χ0n) is 22.9. The smallest absolute Gasteiger partial charge is 0.420 e. The van der Waals surface area contributed by atoms with Gasteiger partial charge in [-0.2, -0.15) is 18.2 Å². The summed E-state index contributed by atoms with van der Waals surface area (Å²) in [6.45, 7) is 4.54. The molecule has 3 aliphatic heterocycles. The van der Waals surface area contributed by atoms with Crippen LogP contribution in [0.25, 0.3) is 0 Å². The number of ketones is 1. The van der Waals surface area contributed by atoms with E-state index in [2.05, 4.69) is 14.9 Å². The SMILES string of the molecule is CC1CCCN(c2nc(C(F)(F)F)c(C(=O)Cc3ccc(N4CCC(N5C(=O)Cc6ccccc65)CC4)nc3)o2)C1. The lowest BCUT2D eigenvalue weighted by Gasteiger charge is -2.37. The van der Waals surface area contributed by atoms with E-state index in [1.807, 2.05) is 36.1 Å². The summed E-state index contributed by atoms with van der Waals surface area (Å²) in [6.07, 6.45) is 0.296. The number of hydrogen-bond acceptors (Lipinski definition) is 7. The number of piperidine rings is 2. The summed E-state index contributed by atoms with van der Waals surface area (Å²) >= 11 is 0. The van der Waals surface area contributed by atoms with E-state index in [0.29, 0.717) is 44.1 Å². The molecular formula is C30H32F3N5O3. The Hall–Kier alpha value is -3.89. The zero-order chi connectivity index (χ0) is 28.7. The highest BCUT2D eigenvalue weighted by molar-refractivity contribution is 6.02. The number of pyridine rings is 1. The van der Waals surface area contributed by atoms with Gasteiger partial charge in [-0.1, -0.05) is 31.2 Å². The third-order valence-electron chi connectivity index (χ3n) is 8.25. The lowest BCUT2D eigenvalue weighted by molar-refractivity contribution is -0.141. The summed E-state index contributed by atoms with van der Waals surface area (Å²) in [4.78, 5) is 39.6. The molecular weight excluding hydrogens is 535 g/mol. The standard InChI is InChI=1S/C30H32F3N5O3/c1-19-5-4-12-37(18-19)29-35-28(30(31,32)33)27(41-29)24(39)15-20-8-9-25(34-17-20)36-13-10-22(11-14-36)38-23-7-3-2-6-21(23)16-26(38)40/h2-3,6-9,17,19,22H,4-5,10-16,18H2,1H3. The molecule has 2 fully saturated rings. The number of alkyl halides is 3. The molecule has 5 heterocycles. The molecule has 0 radical (unpaired) electrons. The predicted octanol–water partition coefficient (Wildman–Crippen LogP) is 5.31. The molecule has 6 rings (SSSR count). The van der Waals surface area contributed by atoms with Gasteiger partial charge in [-0.15, -0.1) is 0 Å². The Morgan fingerprint density at radius 3 is 2.54 bits per heavy atom. The molecule has 11 heteroatoms. The molecule has 2 saturated heterocycles. The second-order valence-electron chi connectivity index (χ2n) is 11.3. The van der Waals surface area contributed by atoms with Crippen molar-refractivity contribution in [1.29, 1.82) is 0 Å². The van der Waals surface area contributed by atoms with Crippen molar-refractivity contribution in [2.24, 2.45) is 5.92 Å². The molecule has 2 aromatic heterocycles. The number of fused-ring (bicyclic) bond motifs is 1. The lowest BCUT2D eigenvalue weighted by Crippen LogP contribution is -2.46. The molecule has 3 aromatic rings. The van der Waals surface area contributed by atoms with Crippen LogP contribution < -0.4 is 14.7 Å². The second-order valence-corrected chi connectivity index (χ2v) is 11.3. The van der Waals surface area contributed by atoms with Crippen molar-refractivity contribution in [3.05, 3.63) is 65.2 Å². The van der Waals surface area contributed by atoms with E-state index in [0.717, 1.165) is 42.8 Å². The minimum atomic E-state index is -4.80. The van der Waals surface area contributed by atoms with Crippen molar-refractivity contribution in [2.75, 3.05) is 40.9 Å². The zero-order valence-corrected chi connectivity index (χ0v) is 22.9. The van der Waals surface area contributed by atoms with E-state index in [9.17, 15) is 22.8 Å². The summed E-state index contributed by atoms with van der Waals surface area (Å²) in [5.41, 5.74) is 1.28. The molecule has 0 saturated carbocycles. The molecule has 1 atom stereocenters. The van der Waals surface area contributed by atoms with Crippen LogP contribution in [0, 0.1) is 5.92 Å². The van der Waals surface area contributed by atoms with Crippen LogP contribution in [0.4, 0.5) is 30.7 Å². The number of nitrogens with zero attached hydrogens (tertiary/aromatic N) is 5. The van der Waals surface area contributed by atoms with Gasteiger partial charge in [0.15, 0.2) is 5.69 Å². The van der Waals surface area contributed by atoms with Gasteiger partial charge in [0.2, 0.25) is 17.5 Å². The Labute approximate surface area is 236 Å². The number of aromatic nitrogens is 2. The number of amides is 1. The number of anilines is 3. The number of halogens is 3. The number of oxazole rings is 1. The molecule has 41 heavy (non-hydrogen) atoms. The topological polar surface area (TPSA) is 82.8 Å². The van der Waals surface area contributed by atoms with Gasteiger partial charge >= 0.3 is 6.18 Å². The first-order valence-electron chi connectivity index (χ1n) is 14.1. The molecule has 216 valence electrons. The van der Waals surface area contributed by atoms with E-state index in [4.69, 9.17) is 4.42 Å². The molecule has 1 amide bonds. The maximum absolute atomic E-state index is 13.8. The Balaban J connectivity index is 1.10. The Morgan fingerprint density at radius 1 is 1.05 bits per heavy atom. The van der Waals surface area contributed by atoms with Gasteiger partial charge in [0.05, 0.1) is 6.42 Å². The Kier molecular flexibility index (Phi) is 7.21. The average Bonchev–Trinajstić information content (AvgIpc) is 3.55.